The Hall–Kier alpha value is -1.10. The van der Waals surface area contributed by atoms with Crippen molar-refractivity contribution in [1.82, 2.24) is 5.32 Å². The van der Waals surface area contributed by atoms with Crippen molar-refractivity contribution in [3.8, 4) is 5.75 Å². The Morgan fingerprint density at radius 3 is 3.05 bits per heavy atom. The number of phenolic OH excluding ortho intramolecular Hbond substituents is 1. The number of hydrogen-bond donors (Lipinski definition) is 2. The summed E-state index contributed by atoms with van der Waals surface area (Å²) in [5, 5.41) is 13.3. The van der Waals surface area contributed by atoms with Gasteiger partial charge in [-0.3, -0.25) is 0 Å². The third-order valence-corrected chi connectivity index (χ3v) is 3.53. The zero-order valence-electron chi connectivity index (χ0n) is 11.5. The summed E-state index contributed by atoms with van der Waals surface area (Å²) in [5.41, 5.74) is 2.36. The highest BCUT2D eigenvalue weighted by molar-refractivity contribution is 5.44. The van der Waals surface area contributed by atoms with Crippen LogP contribution in [-0.2, 0) is 15.9 Å². The number of fused-ring (bicyclic) bond motifs is 1. The van der Waals surface area contributed by atoms with Gasteiger partial charge in [-0.05, 0) is 43.0 Å². The number of aromatic hydroxyl groups is 1. The zero-order chi connectivity index (χ0) is 13.5. The predicted molar refractivity (Wildman–Crippen MR) is 74.5 cm³/mol. The molecule has 0 saturated heterocycles. The normalized spacial score (nSPS) is 17.6. The molecule has 0 heterocycles. The van der Waals surface area contributed by atoms with Crippen LogP contribution in [-0.4, -0.2) is 38.6 Å². The number of ether oxygens (including phenoxy) is 2. The van der Waals surface area contributed by atoms with Crippen LogP contribution in [0.4, 0.5) is 0 Å². The van der Waals surface area contributed by atoms with Crippen LogP contribution >= 0.6 is 0 Å². The molecule has 2 rings (SSSR count). The molecule has 0 fully saturated rings. The highest BCUT2D eigenvalue weighted by Crippen LogP contribution is 2.35. The molecule has 1 atom stereocenters. The Labute approximate surface area is 114 Å². The summed E-state index contributed by atoms with van der Waals surface area (Å²) in [6.07, 6.45) is 3.02. The van der Waals surface area contributed by atoms with Gasteiger partial charge < -0.3 is 19.9 Å². The Morgan fingerprint density at radius 1 is 1.32 bits per heavy atom. The molecule has 1 aromatic rings. The fraction of sp³-hybridized carbons (Fsp3) is 0.600. The minimum atomic E-state index is 0.376. The van der Waals surface area contributed by atoms with Crippen LogP contribution in [0, 0.1) is 0 Å². The van der Waals surface area contributed by atoms with Crippen molar-refractivity contribution in [2.75, 3.05) is 33.5 Å². The number of rotatable bonds is 8. The Balaban J connectivity index is 1.67. The Kier molecular flexibility index (Phi) is 5.63. The molecule has 4 nitrogen and oxygen atoms in total. The number of benzene rings is 1. The van der Waals surface area contributed by atoms with Crippen LogP contribution in [0.1, 0.15) is 30.0 Å². The van der Waals surface area contributed by atoms with Gasteiger partial charge >= 0.3 is 0 Å². The average molecular weight is 265 g/mol. The molecular weight excluding hydrogens is 242 g/mol. The molecular formula is C15H23NO3. The Morgan fingerprint density at radius 2 is 2.21 bits per heavy atom. The summed E-state index contributed by atoms with van der Waals surface area (Å²) in [7, 11) is 1.68. The summed E-state index contributed by atoms with van der Waals surface area (Å²) in [4.78, 5) is 0. The minimum absolute atomic E-state index is 0.376. The van der Waals surface area contributed by atoms with Gasteiger partial charge in [-0.25, -0.2) is 0 Å². The standard InChI is InChI=1S/C15H23NO3/c1-18-10-11-19-9-3-8-16-14-7-6-13-12(14)4-2-5-15(13)17/h2,4-5,14,16-17H,3,6-11H2,1H3. The van der Waals surface area contributed by atoms with E-state index < -0.39 is 0 Å². The van der Waals surface area contributed by atoms with E-state index in [0.29, 0.717) is 25.0 Å². The van der Waals surface area contributed by atoms with E-state index >= 15 is 0 Å². The molecule has 0 amide bonds. The summed E-state index contributed by atoms with van der Waals surface area (Å²) in [5.74, 6) is 0.435. The molecule has 106 valence electrons. The van der Waals surface area contributed by atoms with Gasteiger partial charge in [-0.2, -0.15) is 0 Å². The van der Waals surface area contributed by atoms with Gasteiger partial charge in [-0.1, -0.05) is 12.1 Å². The lowest BCUT2D eigenvalue weighted by Gasteiger charge is -2.14. The molecule has 19 heavy (non-hydrogen) atoms. The summed E-state index contributed by atoms with van der Waals surface area (Å²) >= 11 is 0. The van der Waals surface area contributed by atoms with Crippen molar-refractivity contribution in [1.29, 1.82) is 0 Å². The first kappa shape index (κ1) is 14.3. The van der Waals surface area contributed by atoms with Gasteiger partial charge in [0.2, 0.25) is 0 Å². The number of methoxy groups -OCH3 is 1. The summed E-state index contributed by atoms with van der Waals surface area (Å²) in [6, 6.07) is 6.17. The van der Waals surface area contributed by atoms with Gasteiger partial charge in [-0.15, -0.1) is 0 Å². The number of nitrogens with one attached hydrogen (secondary N) is 1. The van der Waals surface area contributed by atoms with Crippen molar-refractivity contribution >= 4 is 0 Å². The molecule has 4 heteroatoms. The average Bonchev–Trinajstić information content (AvgIpc) is 2.83. The van der Waals surface area contributed by atoms with Crippen molar-refractivity contribution < 1.29 is 14.6 Å². The maximum Gasteiger partial charge on any atom is 0.119 e. The third-order valence-electron chi connectivity index (χ3n) is 3.53. The Bertz CT molecular complexity index is 395. The van der Waals surface area contributed by atoms with Crippen LogP contribution in [0.25, 0.3) is 0 Å². The highest BCUT2D eigenvalue weighted by Gasteiger charge is 2.23. The lowest BCUT2D eigenvalue weighted by atomic mass is 10.1. The molecule has 0 bridgehead atoms. The molecule has 0 radical (unpaired) electrons. The van der Waals surface area contributed by atoms with Crippen molar-refractivity contribution in [2.24, 2.45) is 0 Å². The quantitative estimate of drug-likeness (QED) is 0.706. The van der Waals surface area contributed by atoms with Gasteiger partial charge in [0.05, 0.1) is 13.2 Å². The summed E-state index contributed by atoms with van der Waals surface area (Å²) in [6.45, 7) is 3.02. The first-order chi connectivity index (χ1) is 9.33. The maximum absolute atomic E-state index is 9.78. The van der Waals surface area contributed by atoms with Gasteiger partial charge in [0.1, 0.15) is 5.75 Å². The molecule has 1 unspecified atom stereocenters. The van der Waals surface area contributed by atoms with Crippen LogP contribution in [0.15, 0.2) is 18.2 Å². The first-order valence-electron chi connectivity index (χ1n) is 6.93. The second-order valence-electron chi connectivity index (χ2n) is 4.85. The molecule has 1 aliphatic rings. The highest BCUT2D eigenvalue weighted by atomic mass is 16.5. The van der Waals surface area contributed by atoms with Crippen molar-refractivity contribution in [3.63, 3.8) is 0 Å². The van der Waals surface area contributed by atoms with Crippen molar-refractivity contribution in [3.05, 3.63) is 29.3 Å². The van der Waals surface area contributed by atoms with Gasteiger partial charge in [0, 0.05) is 19.8 Å². The van der Waals surface area contributed by atoms with E-state index in [2.05, 4.69) is 11.4 Å². The molecule has 1 aliphatic carbocycles. The second-order valence-corrected chi connectivity index (χ2v) is 4.85. The fourth-order valence-electron chi connectivity index (χ4n) is 2.54. The van der Waals surface area contributed by atoms with E-state index in [-0.39, 0.29) is 0 Å². The zero-order valence-corrected chi connectivity index (χ0v) is 11.5. The van der Waals surface area contributed by atoms with E-state index in [9.17, 15) is 5.11 Å². The van der Waals surface area contributed by atoms with Crippen molar-refractivity contribution in [2.45, 2.75) is 25.3 Å². The third kappa shape index (κ3) is 3.93. The largest absolute Gasteiger partial charge is 0.508 e. The topological polar surface area (TPSA) is 50.7 Å². The molecule has 0 spiro atoms. The predicted octanol–water partition coefficient (Wildman–Crippen LogP) is 2.02. The SMILES string of the molecule is COCCOCCCNC1CCc2c(O)cccc21. The van der Waals surface area contributed by atoms with E-state index in [1.807, 2.05) is 6.07 Å². The van der Waals surface area contributed by atoms with E-state index in [0.717, 1.165) is 38.0 Å². The first-order valence-corrected chi connectivity index (χ1v) is 6.93. The lowest BCUT2D eigenvalue weighted by Crippen LogP contribution is -2.21. The maximum atomic E-state index is 9.78. The van der Waals surface area contributed by atoms with Gasteiger partial charge in [0.15, 0.2) is 0 Å². The molecule has 0 saturated carbocycles. The van der Waals surface area contributed by atoms with E-state index in [1.54, 1.807) is 13.2 Å². The van der Waals surface area contributed by atoms with Crippen LogP contribution in [0.5, 0.6) is 5.75 Å². The molecule has 0 aromatic heterocycles. The molecule has 1 aromatic carbocycles. The summed E-state index contributed by atoms with van der Waals surface area (Å²) < 4.78 is 10.3. The number of phenols is 1. The van der Waals surface area contributed by atoms with Gasteiger partial charge in [0.25, 0.3) is 0 Å². The molecule has 0 aliphatic heterocycles. The van der Waals surface area contributed by atoms with Crippen LogP contribution in [0.3, 0.4) is 0 Å². The van der Waals surface area contributed by atoms with Crippen LogP contribution < -0.4 is 5.32 Å². The van der Waals surface area contributed by atoms with Crippen LogP contribution in [0.2, 0.25) is 0 Å². The fourth-order valence-corrected chi connectivity index (χ4v) is 2.54. The monoisotopic (exact) mass is 265 g/mol. The smallest absolute Gasteiger partial charge is 0.119 e. The number of hydrogen-bond acceptors (Lipinski definition) is 4. The molecule has 2 N–H and O–H groups in total. The lowest BCUT2D eigenvalue weighted by molar-refractivity contribution is 0.0692. The minimum Gasteiger partial charge on any atom is -0.508 e. The second kappa shape index (κ2) is 7.48. The van der Waals surface area contributed by atoms with E-state index in [1.165, 1.54) is 5.56 Å². The van der Waals surface area contributed by atoms with E-state index in [4.69, 9.17) is 9.47 Å².